The molecule has 0 fully saturated rings. The SMILES string of the molecule is Cc1c(F)cc(F)c(N)c1Br. The van der Waals surface area contributed by atoms with Crippen LogP contribution in [0.2, 0.25) is 0 Å². The minimum Gasteiger partial charge on any atom is -0.395 e. The van der Waals surface area contributed by atoms with E-state index in [2.05, 4.69) is 15.9 Å². The van der Waals surface area contributed by atoms with E-state index in [4.69, 9.17) is 5.73 Å². The van der Waals surface area contributed by atoms with Crippen LogP contribution in [0, 0.1) is 18.6 Å². The average molecular weight is 222 g/mol. The molecule has 0 unspecified atom stereocenters. The van der Waals surface area contributed by atoms with E-state index in [0.717, 1.165) is 6.07 Å². The van der Waals surface area contributed by atoms with Crippen molar-refractivity contribution >= 4 is 21.6 Å². The Hall–Kier alpha value is -0.640. The molecule has 1 rings (SSSR count). The minimum absolute atomic E-state index is 0.0519. The summed E-state index contributed by atoms with van der Waals surface area (Å²) in [6, 6.07) is 0.773. The monoisotopic (exact) mass is 221 g/mol. The van der Waals surface area contributed by atoms with Gasteiger partial charge in [0.25, 0.3) is 0 Å². The summed E-state index contributed by atoms with van der Waals surface area (Å²) < 4.78 is 25.6. The molecular weight excluding hydrogens is 216 g/mol. The molecule has 1 aromatic rings. The first-order valence-electron chi connectivity index (χ1n) is 2.93. The Labute approximate surface area is 71.3 Å². The molecule has 0 spiro atoms. The van der Waals surface area contributed by atoms with Crippen molar-refractivity contribution in [1.29, 1.82) is 0 Å². The Morgan fingerprint density at radius 2 is 1.91 bits per heavy atom. The third-order valence-corrected chi connectivity index (χ3v) is 2.46. The zero-order valence-corrected chi connectivity index (χ0v) is 7.37. The van der Waals surface area contributed by atoms with Gasteiger partial charge < -0.3 is 5.73 Å². The van der Waals surface area contributed by atoms with Crippen molar-refractivity contribution in [3.05, 3.63) is 27.7 Å². The van der Waals surface area contributed by atoms with Gasteiger partial charge in [0.2, 0.25) is 0 Å². The van der Waals surface area contributed by atoms with Gasteiger partial charge in [-0.05, 0) is 22.9 Å². The number of halogens is 3. The predicted molar refractivity (Wildman–Crippen MR) is 43.2 cm³/mol. The molecular formula is C7H6BrF2N. The van der Waals surface area contributed by atoms with Gasteiger partial charge in [0.05, 0.1) is 5.69 Å². The molecule has 11 heavy (non-hydrogen) atoms. The van der Waals surface area contributed by atoms with Gasteiger partial charge in [0.15, 0.2) is 0 Å². The normalized spacial score (nSPS) is 10.2. The molecule has 0 atom stereocenters. The topological polar surface area (TPSA) is 26.0 Å². The quantitative estimate of drug-likeness (QED) is 0.671. The summed E-state index contributed by atoms with van der Waals surface area (Å²) in [5, 5.41) is 0. The molecule has 0 amide bonds. The van der Waals surface area contributed by atoms with Crippen molar-refractivity contribution in [2.24, 2.45) is 0 Å². The van der Waals surface area contributed by atoms with Crippen molar-refractivity contribution < 1.29 is 8.78 Å². The van der Waals surface area contributed by atoms with Crippen LogP contribution in [0.3, 0.4) is 0 Å². The second kappa shape index (κ2) is 2.77. The zero-order chi connectivity index (χ0) is 8.59. The highest BCUT2D eigenvalue weighted by atomic mass is 79.9. The minimum atomic E-state index is -0.736. The van der Waals surface area contributed by atoms with Gasteiger partial charge in [-0.1, -0.05) is 0 Å². The fourth-order valence-corrected chi connectivity index (χ4v) is 1.09. The van der Waals surface area contributed by atoms with Gasteiger partial charge in [-0.15, -0.1) is 0 Å². The molecule has 0 aliphatic carbocycles. The predicted octanol–water partition coefficient (Wildman–Crippen LogP) is 2.62. The largest absolute Gasteiger partial charge is 0.395 e. The van der Waals surface area contributed by atoms with E-state index < -0.39 is 11.6 Å². The van der Waals surface area contributed by atoms with Crippen LogP contribution in [-0.4, -0.2) is 0 Å². The summed E-state index contributed by atoms with van der Waals surface area (Å²) in [7, 11) is 0. The maximum Gasteiger partial charge on any atom is 0.150 e. The Morgan fingerprint density at radius 3 is 2.45 bits per heavy atom. The van der Waals surface area contributed by atoms with Crippen LogP contribution in [-0.2, 0) is 0 Å². The first-order valence-corrected chi connectivity index (χ1v) is 3.73. The molecule has 1 aromatic carbocycles. The number of anilines is 1. The zero-order valence-electron chi connectivity index (χ0n) is 5.79. The summed E-state index contributed by atoms with van der Waals surface area (Å²) in [5.41, 5.74) is 5.53. The Bertz CT molecular complexity index is 273. The molecule has 0 saturated carbocycles. The van der Waals surface area contributed by atoms with Crippen LogP contribution in [0.25, 0.3) is 0 Å². The standard InChI is InChI=1S/C7H6BrF2N/c1-3-4(9)2-5(10)7(11)6(3)8/h2H,11H2,1H3. The van der Waals surface area contributed by atoms with Crippen LogP contribution in [0.15, 0.2) is 10.5 Å². The lowest BCUT2D eigenvalue weighted by Gasteiger charge is -2.03. The molecule has 0 aliphatic heterocycles. The first kappa shape index (κ1) is 8.46. The van der Waals surface area contributed by atoms with Gasteiger partial charge in [0.1, 0.15) is 11.6 Å². The molecule has 0 heterocycles. The third-order valence-electron chi connectivity index (χ3n) is 1.43. The second-order valence-electron chi connectivity index (χ2n) is 2.19. The maximum absolute atomic E-state index is 12.7. The molecule has 0 radical (unpaired) electrons. The Balaban J connectivity index is 3.46. The van der Waals surface area contributed by atoms with Crippen molar-refractivity contribution in [3.8, 4) is 0 Å². The van der Waals surface area contributed by atoms with Gasteiger partial charge in [-0.3, -0.25) is 0 Å². The van der Waals surface area contributed by atoms with Crippen LogP contribution in [0.1, 0.15) is 5.56 Å². The fraction of sp³-hybridized carbons (Fsp3) is 0.143. The first-order chi connectivity index (χ1) is 5.04. The summed E-state index contributed by atoms with van der Waals surface area (Å²) in [4.78, 5) is 0. The van der Waals surface area contributed by atoms with Crippen molar-refractivity contribution in [2.45, 2.75) is 6.92 Å². The molecule has 0 aliphatic rings. The highest BCUT2D eigenvalue weighted by molar-refractivity contribution is 9.10. The molecule has 60 valence electrons. The molecule has 4 heteroatoms. The molecule has 1 nitrogen and oxygen atoms in total. The molecule has 0 saturated heterocycles. The van der Waals surface area contributed by atoms with Crippen LogP contribution in [0.5, 0.6) is 0 Å². The number of hydrogen-bond donors (Lipinski definition) is 1. The highest BCUT2D eigenvalue weighted by Gasteiger charge is 2.10. The van der Waals surface area contributed by atoms with Crippen molar-refractivity contribution in [3.63, 3.8) is 0 Å². The van der Waals surface area contributed by atoms with E-state index in [-0.39, 0.29) is 10.2 Å². The van der Waals surface area contributed by atoms with E-state index in [9.17, 15) is 8.78 Å². The number of nitrogen functional groups attached to an aromatic ring is 1. The summed E-state index contributed by atoms with van der Waals surface area (Å²) in [6.07, 6.45) is 0. The van der Waals surface area contributed by atoms with E-state index in [1.54, 1.807) is 0 Å². The molecule has 0 bridgehead atoms. The molecule has 2 N–H and O–H groups in total. The van der Waals surface area contributed by atoms with Gasteiger partial charge in [-0.2, -0.15) is 0 Å². The van der Waals surface area contributed by atoms with Crippen LogP contribution in [0.4, 0.5) is 14.5 Å². The maximum atomic E-state index is 12.7. The smallest absolute Gasteiger partial charge is 0.150 e. The van der Waals surface area contributed by atoms with Crippen LogP contribution >= 0.6 is 15.9 Å². The number of hydrogen-bond acceptors (Lipinski definition) is 1. The van der Waals surface area contributed by atoms with Crippen LogP contribution < -0.4 is 5.73 Å². The van der Waals surface area contributed by atoms with Gasteiger partial charge >= 0.3 is 0 Å². The number of nitrogens with two attached hydrogens (primary N) is 1. The van der Waals surface area contributed by atoms with E-state index in [0.29, 0.717) is 5.56 Å². The summed E-state index contributed by atoms with van der Waals surface area (Å²) >= 11 is 2.98. The van der Waals surface area contributed by atoms with Crippen molar-refractivity contribution in [1.82, 2.24) is 0 Å². The lowest BCUT2D eigenvalue weighted by molar-refractivity contribution is 0.579. The van der Waals surface area contributed by atoms with Crippen molar-refractivity contribution in [2.75, 3.05) is 5.73 Å². The second-order valence-corrected chi connectivity index (χ2v) is 2.99. The Kier molecular flexibility index (Phi) is 2.13. The lowest BCUT2D eigenvalue weighted by Crippen LogP contribution is -1.96. The molecule has 0 aromatic heterocycles. The van der Waals surface area contributed by atoms with Gasteiger partial charge in [0, 0.05) is 16.1 Å². The van der Waals surface area contributed by atoms with E-state index in [1.807, 2.05) is 0 Å². The van der Waals surface area contributed by atoms with Gasteiger partial charge in [-0.25, -0.2) is 8.78 Å². The lowest BCUT2D eigenvalue weighted by atomic mass is 10.2. The number of benzene rings is 1. The highest BCUT2D eigenvalue weighted by Crippen LogP contribution is 2.27. The third kappa shape index (κ3) is 1.35. The average Bonchev–Trinajstić information content (AvgIpc) is 1.97. The Morgan fingerprint density at radius 1 is 1.36 bits per heavy atom. The fourth-order valence-electron chi connectivity index (χ4n) is 0.709. The number of rotatable bonds is 0. The summed E-state index contributed by atoms with van der Waals surface area (Å²) in [6.45, 7) is 1.52. The van der Waals surface area contributed by atoms with E-state index >= 15 is 0 Å². The van der Waals surface area contributed by atoms with E-state index in [1.165, 1.54) is 6.92 Å². The summed E-state index contributed by atoms with van der Waals surface area (Å²) in [5.74, 6) is -1.33.